The smallest absolute Gasteiger partial charge is 0.258 e. The van der Waals surface area contributed by atoms with Gasteiger partial charge in [0.2, 0.25) is 0 Å². The average Bonchev–Trinajstić information content (AvgIpc) is 3.12. The molecule has 33 heavy (non-hydrogen) atoms. The molecule has 4 rings (SSSR count). The predicted octanol–water partition coefficient (Wildman–Crippen LogP) is 7.02. The van der Waals surface area contributed by atoms with E-state index in [-0.39, 0.29) is 17.2 Å². The van der Waals surface area contributed by atoms with Gasteiger partial charge in [0.1, 0.15) is 5.00 Å². The van der Waals surface area contributed by atoms with Crippen molar-refractivity contribution >= 4 is 33.8 Å². The maximum absolute atomic E-state index is 13.5. The molecule has 5 heteroatoms. The summed E-state index contributed by atoms with van der Waals surface area (Å²) in [6.45, 7) is 10.8. The zero-order valence-corrected chi connectivity index (χ0v) is 20.9. The number of carbonyl (C=O) groups excluding carboxylic acids is 2. The molecule has 0 radical (unpaired) electrons. The van der Waals surface area contributed by atoms with E-state index in [0.29, 0.717) is 22.0 Å². The third kappa shape index (κ3) is 5.03. The summed E-state index contributed by atoms with van der Waals surface area (Å²) in [5, 5.41) is 6.76. The van der Waals surface area contributed by atoms with Crippen LogP contribution in [0.4, 0.5) is 10.7 Å². The lowest BCUT2D eigenvalue weighted by Gasteiger charge is -2.33. The maximum atomic E-state index is 13.5. The summed E-state index contributed by atoms with van der Waals surface area (Å²) >= 11 is 1.56. The van der Waals surface area contributed by atoms with Crippen molar-refractivity contribution in [3.8, 4) is 0 Å². The van der Waals surface area contributed by atoms with Crippen molar-refractivity contribution in [2.24, 2.45) is 11.3 Å². The minimum absolute atomic E-state index is 0.161. The van der Waals surface area contributed by atoms with Crippen molar-refractivity contribution in [3.05, 3.63) is 81.2 Å². The van der Waals surface area contributed by atoms with Gasteiger partial charge in [-0.05, 0) is 73.8 Å². The highest BCUT2D eigenvalue weighted by atomic mass is 32.1. The summed E-state index contributed by atoms with van der Waals surface area (Å²) in [6, 6.07) is 15.3. The molecule has 1 aliphatic carbocycles. The van der Waals surface area contributed by atoms with E-state index >= 15 is 0 Å². The zero-order chi connectivity index (χ0) is 23.8. The summed E-state index contributed by atoms with van der Waals surface area (Å²) in [5.74, 6) is 0.214. The van der Waals surface area contributed by atoms with Gasteiger partial charge in [-0.1, -0.05) is 56.7 Å². The Morgan fingerprint density at radius 2 is 1.64 bits per heavy atom. The van der Waals surface area contributed by atoms with E-state index in [2.05, 4.69) is 31.4 Å². The van der Waals surface area contributed by atoms with Crippen molar-refractivity contribution in [1.82, 2.24) is 0 Å². The van der Waals surface area contributed by atoms with Crippen molar-refractivity contribution < 1.29 is 9.59 Å². The van der Waals surface area contributed by atoms with Gasteiger partial charge < -0.3 is 10.6 Å². The molecule has 2 N–H and O–H groups in total. The topological polar surface area (TPSA) is 58.2 Å². The minimum Gasteiger partial charge on any atom is -0.322 e. The van der Waals surface area contributed by atoms with Crippen LogP contribution in [0.2, 0.25) is 0 Å². The lowest BCUT2D eigenvalue weighted by atomic mass is 9.72. The lowest BCUT2D eigenvalue weighted by Crippen LogP contribution is -2.27. The molecule has 3 aromatic rings. The Balaban J connectivity index is 1.69. The molecule has 1 atom stereocenters. The molecule has 0 aliphatic heterocycles. The highest BCUT2D eigenvalue weighted by molar-refractivity contribution is 7.17. The van der Waals surface area contributed by atoms with Crippen LogP contribution >= 0.6 is 11.3 Å². The van der Waals surface area contributed by atoms with Crippen LogP contribution < -0.4 is 10.6 Å². The largest absolute Gasteiger partial charge is 0.322 e. The first-order valence-corrected chi connectivity index (χ1v) is 12.3. The summed E-state index contributed by atoms with van der Waals surface area (Å²) in [5.41, 5.74) is 5.34. The minimum atomic E-state index is -0.177. The summed E-state index contributed by atoms with van der Waals surface area (Å²) < 4.78 is 0. The first-order chi connectivity index (χ1) is 15.6. The molecule has 1 aromatic heterocycles. The number of fused-ring (bicyclic) bond motifs is 1. The van der Waals surface area contributed by atoms with Crippen LogP contribution in [-0.2, 0) is 12.8 Å². The molecular weight excluding hydrogens is 428 g/mol. The Hall–Kier alpha value is -2.92. The third-order valence-corrected chi connectivity index (χ3v) is 7.81. The fourth-order valence-electron chi connectivity index (χ4n) is 4.48. The molecule has 172 valence electrons. The van der Waals surface area contributed by atoms with Crippen LogP contribution in [0.3, 0.4) is 0 Å². The molecule has 0 saturated carbocycles. The van der Waals surface area contributed by atoms with Gasteiger partial charge >= 0.3 is 0 Å². The van der Waals surface area contributed by atoms with Gasteiger partial charge in [0, 0.05) is 16.1 Å². The molecule has 0 spiro atoms. The van der Waals surface area contributed by atoms with E-state index in [1.54, 1.807) is 11.3 Å². The number of thiophene rings is 1. The fourth-order valence-corrected chi connectivity index (χ4v) is 5.80. The predicted molar refractivity (Wildman–Crippen MR) is 138 cm³/mol. The summed E-state index contributed by atoms with van der Waals surface area (Å²) in [6.07, 6.45) is 2.84. The zero-order valence-electron chi connectivity index (χ0n) is 20.0. The average molecular weight is 461 g/mol. The second kappa shape index (κ2) is 9.14. The van der Waals surface area contributed by atoms with Crippen LogP contribution in [0, 0.1) is 25.2 Å². The van der Waals surface area contributed by atoms with E-state index in [1.165, 1.54) is 4.88 Å². The Morgan fingerprint density at radius 1 is 0.939 bits per heavy atom. The van der Waals surface area contributed by atoms with Crippen molar-refractivity contribution in [2.75, 3.05) is 10.6 Å². The second-order valence-electron chi connectivity index (χ2n) is 10.1. The quantitative estimate of drug-likeness (QED) is 0.439. The molecule has 4 nitrogen and oxygen atoms in total. The van der Waals surface area contributed by atoms with Crippen molar-refractivity contribution in [3.63, 3.8) is 0 Å². The SMILES string of the molecule is Cc1ccc(NC(=O)c2c(NC(=O)c3ccccc3C)sc3c2CC[C@H](C(C)(C)C)C3)cc1. The standard InChI is InChI=1S/C28H32N2O2S/c1-17-10-13-20(14-11-17)29-26(32)24-22-15-12-19(28(3,4)5)16-23(22)33-27(24)30-25(31)21-9-7-6-8-18(21)2/h6-11,13-14,19H,12,15-16H2,1-5H3,(H,29,32)(H,30,31)/t19-/m0/s1. The first-order valence-electron chi connectivity index (χ1n) is 11.5. The number of nitrogens with one attached hydrogen (secondary N) is 2. The Bertz CT molecular complexity index is 1190. The molecule has 0 saturated heterocycles. The number of hydrogen-bond donors (Lipinski definition) is 2. The fraction of sp³-hybridized carbons (Fsp3) is 0.357. The number of rotatable bonds is 4. The molecule has 0 unspecified atom stereocenters. The number of benzene rings is 2. The van der Waals surface area contributed by atoms with Gasteiger partial charge in [0.15, 0.2) is 0 Å². The Morgan fingerprint density at radius 3 is 2.30 bits per heavy atom. The van der Waals surface area contributed by atoms with Gasteiger partial charge in [-0.3, -0.25) is 9.59 Å². The Kier molecular flexibility index (Phi) is 6.44. The highest BCUT2D eigenvalue weighted by Crippen LogP contribution is 2.44. The van der Waals surface area contributed by atoms with E-state index < -0.39 is 0 Å². The Labute approximate surface area is 200 Å². The van der Waals surface area contributed by atoms with E-state index in [1.807, 2.05) is 62.4 Å². The number of anilines is 2. The lowest BCUT2D eigenvalue weighted by molar-refractivity contribution is 0.102. The number of aryl methyl sites for hydroxylation is 2. The van der Waals surface area contributed by atoms with Crippen LogP contribution in [0.1, 0.15) is 69.5 Å². The molecular formula is C28H32N2O2S. The van der Waals surface area contributed by atoms with Crippen LogP contribution in [0.5, 0.6) is 0 Å². The van der Waals surface area contributed by atoms with E-state index in [0.717, 1.165) is 41.6 Å². The molecule has 0 bridgehead atoms. The normalized spacial score (nSPS) is 15.6. The van der Waals surface area contributed by atoms with Gasteiger partial charge in [-0.25, -0.2) is 0 Å². The van der Waals surface area contributed by atoms with Crippen molar-refractivity contribution in [2.45, 2.75) is 53.9 Å². The van der Waals surface area contributed by atoms with Gasteiger partial charge in [0.05, 0.1) is 5.56 Å². The second-order valence-corrected chi connectivity index (χ2v) is 11.2. The van der Waals surface area contributed by atoms with E-state index in [4.69, 9.17) is 0 Å². The summed E-state index contributed by atoms with van der Waals surface area (Å²) in [7, 11) is 0. The van der Waals surface area contributed by atoms with E-state index in [9.17, 15) is 9.59 Å². The maximum Gasteiger partial charge on any atom is 0.258 e. The molecule has 1 aliphatic rings. The first kappa shape index (κ1) is 23.2. The van der Waals surface area contributed by atoms with Crippen LogP contribution in [0.25, 0.3) is 0 Å². The van der Waals surface area contributed by atoms with Crippen molar-refractivity contribution in [1.29, 1.82) is 0 Å². The highest BCUT2D eigenvalue weighted by Gasteiger charge is 2.34. The third-order valence-electron chi connectivity index (χ3n) is 6.64. The van der Waals surface area contributed by atoms with Crippen LogP contribution in [-0.4, -0.2) is 11.8 Å². The van der Waals surface area contributed by atoms with Crippen LogP contribution in [0.15, 0.2) is 48.5 Å². The van der Waals surface area contributed by atoms with Gasteiger partial charge in [0.25, 0.3) is 11.8 Å². The number of hydrogen-bond acceptors (Lipinski definition) is 3. The molecule has 0 fully saturated rings. The number of amides is 2. The number of carbonyl (C=O) groups is 2. The molecule has 1 heterocycles. The van der Waals surface area contributed by atoms with Gasteiger partial charge in [-0.2, -0.15) is 0 Å². The van der Waals surface area contributed by atoms with Gasteiger partial charge in [-0.15, -0.1) is 11.3 Å². The molecule has 2 amide bonds. The summed E-state index contributed by atoms with van der Waals surface area (Å²) in [4.78, 5) is 27.8. The molecule has 2 aromatic carbocycles. The monoisotopic (exact) mass is 460 g/mol.